The first-order valence-corrected chi connectivity index (χ1v) is 9.63. The molecular weight excluding hydrogens is 312 g/mol. The van der Waals surface area contributed by atoms with Crippen LogP contribution >= 0.6 is 0 Å². The average molecular weight is 345 g/mol. The van der Waals surface area contributed by atoms with Crippen molar-refractivity contribution >= 4 is 5.91 Å². The number of hydrogen-bond donors (Lipinski definition) is 1. The van der Waals surface area contributed by atoms with Crippen molar-refractivity contribution in [3.05, 3.63) is 29.6 Å². The van der Waals surface area contributed by atoms with Gasteiger partial charge in [-0.25, -0.2) is 0 Å². The topological polar surface area (TPSA) is 48.5 Å². The number of carbonyl (C=O) groups is 1. The van der Waals surface area contributed by atoms with Gasteiger partial charge in [0.25, 0.3) is 0 Å². The van der Waals surface area contributed by atoms with Crippen LogP contribution in [0.3, 0.4) is 0 Å². The first kappa shape index (κ1) is 18.3. The lowest BCUT2D eigenvalue weighted by Crippen LogP contribution is -2.43. The van der Waals surface area contributed by atoms with E-state index in [1.807, 2.05) is 19.2 Å². The highest BCUT2D eigenvalue weighted by Crippen LogP contribution is 2.43. The van der Waals surface area contributed by atoms with Gasteiger partial charge in [-0.15, -0.1) is 0 Å². The van der Waals surface area contributed by atoms with E-state index in [0.717, 1.165) is 50.1 Å². The molecule has 0 saturated carbocycles. The van der Waals surface area contributed by atoms with Crippen LogP contribution in [-0.2, 0) is 11.3 Å². The average Bonchev–Trinajstić information content (AvgIpc) is 2.96. The van der Waals surface area contributed by atoms with Crippen LogP contribution in [0.5, 0.6) is 0 Å². The van der Waals surface area contributed by atoms with Gasteiger partial charge in [0.2, 0.25) is 5.91 Å². The maximum atomic E-state index is 12.9. The number of aryl methyl sites for hydroxylation is 1. The van der Waals surface area contributed by atoms with Gasteiger partial charge in [0.1, 0.15) is 0 Å². The summed E-state index contributed by atoms with van der Waals surface area (Å²) in [6, 6.07) is 2.03. The number of nitrogens with one attached hydrogen (secondary N) is 1. The Morgan fingerprint density at radius 1 is 1.40 bits per heavy atom. The molecule has 0 unspecified atom stereocenters. The van der Waals surface area contributed by atoms with Crippen molar-refractivity contribution in [2.75, 3.05) is 33.2 Å². The molecule has 2 saturated heterocycles. The van der Waals surface area contributed by atoms with Crippen LogP contribution in [-0.4, -0.2) is 60.0 Å². The van der Waals surface area contributed by atoms with Crippen molar-refractivity contribution in [1.29, 1.82) is 0 Å². The minimum absolute atomic E-state index is 0.0329. The number of piperidine rings is 1. The number of carbonyl (C=O) groups excluding carboxylic acids is 1. The second-order valence-corrected chi connectivity index (χ2v) is 8.01. The number of hydrogen-bond acceptors (Lipinski definition) is 4. The van der Waals surface area contributed by atoms with Crippen LogP contribution in [0.15, 0.2) is 18.5 Å². The Hall–Kier alpha value is -1.46. The van der Waals surface area contributed by atoms with Gasteiger partial charge in [0, 0.05) is 25.5 Å². The number of likely N-dealkylation sites (tertiary alicyclic amines) is 2. The third kappa shape index (κ3) is 4.21. The summed E-state index contributed by atoms with van der Waals surface area (Å²) in [5.41, 5.74) is 2.62. The maximum Gasteiger partial charge on any atom is 0.237 e. The van der Waals surface area contributed by atoms with Crippen LogP contribution in [0, 0.1) is 12.3 Å². The molecule has 1 amide bonds. The van der Waals surface area contributed by atoms with E-state index in [2.05, 4.69) is 34.1 Å². The summed E-state index contributed by atoms with van der Waals surface area (Å²) in [5, 5.41) is 3.18. The Morgan fingerprint density at radius 2 is 2.16 bits per heavy atom. The zero-order chi connectivity index (χ0) is 17.9. The standard InChI is InChI=1S/C20H32N4O/c1-4-9-24-15-20(6-10-23(3)11-7-20)12-18(24)19(25)22-14-17-5-8-21-13-16(17)2/h5,8,13,18H,4,6-7,9-12,14-15H2,1-3H3,(H,22,25)/t18-/m1/s1. The predicted octanol–water partition coefficient (Wildman–Crippen LogP) is 2.20. The van der Waals surface area contributed by atoms with Crippen LogP contribution < -0.4 is 5.32 Å². The Labute approximate surface area is 151 Å². The molecule has 0 radical (unpaired) electrons. The Morgan fingerprint density at radius 3 is 2.84 bits per heavy atom. The summed E-state index contributed by atoms with van der Waals surface area (Å²) in [6.45, 7) is 9.26. The fourth-order valence-electron chi connectivity index (χ4n) is 4.38. The Bertz CT molecular complexity index is 595. The number of rotatable bonds is 5. The molecule has 0 aromatic carbocycles. The molecule has 2 aliphatic heterocycles. The minimum atomic E-state index is 0.0329. The lowest BCUT2D eigenvalue weighted by atomic mass is 9.76. The van der Waals surface area contributed by atoms with Crippen molar-refractivity contribution in [3.8, 4) is 0 Å². The highest BCUT2D eigenvalue weighted by molar-refractivity contribution is 5.82. The molecule has 1 spiro atoms. The summed E-state index contributed by atoms with van der Waals surface area (Å²) in [6.07, 6.45) is 8.20. The van der Waals surface area contributed by atoms with Crippen molar-refractivity contribution in [2.24, 2.45) is 5.41 Å². The molecule has 2 aliphatic rings. The molecule has 1 aromatic heterocycles. The molecule has 1 N–H and O–H groups in total. The van der Waals surface area contributed by atoms with E-state index in [4.69, 9.17) is 0 Å². The lowest BCUT2D eigenvalue weighted by molar-refractivity contribution is -0.125. The first-order valence-electron chi connectivity index (χ1n) is 9.63. The SMILES string of the molecule is CCCN1CC2(CCN(C)CC2)C[C@@H]1C(=O)NCc1ccncc1C. The molecular formula is C20H32N4O. The van der Waals surface area contributed by atoms with E-state index in [9.17, 15) is 4.79 Å². The third-order valence-corrected chi connectivity index (χ3v) is 6.06. The van der Waals surface area contributed by atoms with E-state index in [1.54, 1.807) is 6.20 Å². The number of amides is 1. The quantitative estimate of drug-likeness (QED) is 0.890. The molecule has 0 bridgehead atoms. The molecule has 3 heterocycles. The molecule has 1 atom stereocenters. The molecule has 0 aliphatic carbocycles. The largest absolute Gasteiger partial charge is 0.351 e. The van der Waals surface area contributed by atoms with E-state index >= 15 is 0 Å². The Balaban J connectivity index is 1.64. The minimum Gasteiger partial charge on any atom is -0.351 e. The van der Waals surface area contributed by atoms with Gasteiger partial charge in [0.05, 0.1) is 6.04 Å². The van der Waals surface area contributed by atoms with Crippen LogP contribution in [0.4, 0.5) is 0 Å². The van der Waals surface area contributed by atoms with Crippen LogP contribution in [0.2, 0.25) is 0 Å². The number of nitrogens with zero attached hydrogens (tertiary/aromatic N) is 3. The second-order valence-electron chi connectivity index (χ2n) is 8.01. The van der Waals surface area contributed by atoms with E-state index < -0.39 is 0 Å². The number of pyridine rings is 1. The summed E-state index contributed by atoms with van der Waals surface area (Å²) in [5.74, 6) is 0.195. The van der Waals surface area contributed by atoms with Gasteiger partial charge in [0.15, 0.2) is 0 Å². The molecule has 5 nitrogen and oxygen atoms in total. The van der Waals surface area contributed by atoms with Crippen molar-refractivity contribution < 1.29 is 4.79 Å². The highest BCUT2D eigenvalue weighted by Gasteiger charge is 2.47. The van der Waals surface area contributed by atoms with Crippen LogP contribution in [0.25, 0.3) is 0 Å². The van der Waals surface area contributed by atoms with E-state index in [0.29, 0.717) is 12.0 Å². The van der Waals surface area contributed by atoms with Crippen molar-refractivity contribution in [2.45, 2.75) is 52.1 Å². The normalized spacial score (nSPS) is 23.9. The highest BCUT2D eigenvalue weighted by atomic mass is 16.2. The van der Waals surface area contributed by atoms with Crippen molar-refractivity contribution in [3.63, 3.8) is 0 Å². The maximum absolute atomic E-state index is 12.9. The monoisotopic (exact) mass is 344 g/mol. The second kappa shape index (κ2) is 7.83. The molecule has 1 aromatic rings. The summed E-state index contributed by atoms with van der Waals surface area (Å²) >= 11 is 0. The fourth-order valence-corrected chi connectivity index (χ4v) is 4.38. The van der Waals surface area contributed by atoms with Gasteiger partial charge >= 0.3 is 0 Å². The third-order valence-electron chi connectivity index (χ3n) is 6.06. The van der Waals surface area contributed by atoms with Gasteiger partial charge in [-0.2, -0.15) is 0 Å². The number of aromatic nitrogens is 1. The molecule has 5 heteroatoms. The van der Waals surface area contributed by atoms with E-state index in [1.165, 1.54) is 12.8 Å². The van der Waals surface area contributed by atoms with Gasteiger partial charge in [-0.1, -0.05) is 6.92 Å². The van der Waals surface area contributed by atoms with Gasteiger partial charge < -0.3 is 10.2 Å². The fraction of sp³-hybridized carbons (Fsp3) is 0.700. The summed E-state index contributed by atoms with van der Waals surface area (Å²) in [7, 11) is 2.20. The van der Waals surface area contributed by atoms with Crippen molar-refractivity contribution in [1.82, 2.24) is 20.1 Å². The smallest absolute Gasteiger partial charge is 0.237 e. The summed E-state index contributed by atoms with van der Waals surface area (Å²) < 4.78 is 0. The van der Waals surface area contributed by atoms with Gasteiger partial charge in [-0.3, -0.25) is 14.7 Å². The molecule has 2 fully saturated rings. The molecule has 25 heavy (non-hydrogen) atoms. The zero-order valence-electron chi connectivity index (χ0n) is 15.9. The molecule has 138 valence electrons. The van der Waals surface area contributed by atoms with Gasteiger partial charge in [-0.05, 0) is 81.9 Å². The Kier molecular flexibility index (Phi) is 5.74. The predicted molar refractivity (Wildman–Crippen MR) is 100 cm³/mol. The first-order chi connectivity index (χ1) is 12.0. The van der Waals surface area contributed by atoms with Crippen LogP contribution in [0.1, 0.15) is 43.7 Å². The van der Waals surface area contributed by atoms with E-state index in [-0.39, 0.29) is 11.9 Å². The lowest BCUT2D eigenvalue weighted by Gasteiger charge is -2.37. The molecule has 3 rings (SSSR count). The zero-order valence-corrected chi connectivity index (χ0v) is 15.9. The summed E-state index contributed by atoms with van der Waals surface area (Å²) in [4.78, 5) is 21.9.